The van der Waals surface area contributed by atoms with E-state index in [0.29, 0.717) is 24.8 Å². The molecule has 0 aliphatic carbocycles. The van der Waals surface area contributed by atoms with Crippen LogP contribution in [0.1, 0.15) is 58.1 Å². The lowest BCUT2D eigenvalue weighted by molar-refractivity contribution is 0.242. The highest BCUT2D eigenvalue weighted by atomic mass is 16.5. The predicted octanol–water partition coefficient (Wildman–Crippen LogP) is 6.81. The van der Waals surface area contributed by atoms with E-state index in [9.17, 15) is 4.79 Å². The Hall–Kier alpha value is -3.60. The highest BCUT2D eigenvalue weighted by Gasteiger charge is 2.15. The second-order valence-electron chi connectivity index (χ2n) is 9.45. The molecule has 0 aliphatic heterocycles. The van der Waals surface area contributed by atoms with Gasteiger partial charge in [0.2, 0.25) is 0 Å². The van der Waals surface area contributed by atoms with Crippen LogP contribution in [0.15, 0.2) is 71.5 Å². The second-order valence-corrected chi connectivity index (χ2v) is 9.45. The monoisotopic (exact) mass is 470 g/mol. The maximum absolute atomic E-state index is 13.3. The maximum Gasteiger partial charge on any atom is 0.348 e. The van der Waals surface area contributed by atoms with Crippen LogP contribution >= 0.6 is 0 Å². The van der Waals surface area contributed by atoms with Crippen molar-refractivity contribution >= 4 is 10.9 Å². The van der Waals surface area contributed by atoms with E-state index in [4.69, 9.17) is 9.47 Å². The topological polar surface area (TPSA) is 53.3 Å². The average molecular weight is 471 g/mol. The molecule has 4 aromatic rings. The van der Waals surface area contributed by atoms with Crippen molar-refractivity contribution in [2.24, 2.45) is 0 Å². The molecule has 3 aromatic carbocycles. The Morgan fingerprint density at radius 3 is 2.37 bits per heavy atom. The van der Waals surface area contributed by atoms with Gasteiger partial charge in [-0.3, -0.25) is 4.57 Å². The molecular formula is C30H34N2O3. The molecule has 0 N–H and O–H groups in total. The first-order valence-electron chi connectivity index (χ1n) is 12.4. The molecule has 0 atom stereocenters. The van der Waals surface area contributed by atoms with Gasteiger partial charge in [-0.15, -0.1) is 0 Å². The minimum atomic E-state index is -0.280. The standard InChI is InChI=1S/C30H34N2O3/c1-6-16-34-25-14-15-28-27(18-25)29(24-12-10-23(11-13-24)20(2)3)31-30(33)32(28)19-22-8-7-9-26(17-22)35-21(4)5/h7-15,17-18,20-21H,6,16,19H2,1-5H3. The molecule has 1 aromatic heterocycles. The zero-order chi connectivity index (χ0) is 24.9. The van der Waals surface area contributed by atoms with E-state index in [1.807, 2.05) is 68.4 Å². The molecule has 0 fully saturated rings. The Labute approximate surface area is 207 Å². The van der Waals surface area contributed by atoms with E-state index < -0.39 is 0 Å². The maximum atomic E-state index is 13.3. The van der Waals surface area contributed by atoms with Gasteiger partial charge in [-0.1, -0.05) is 57.2 Å². The third-order valence-electron chi connectivity index (χ3n) is 5.89. The Bertz CT molecular complexity index is 1350. The van der Waals surface area contributed by atoms with Crippen LogP contribution in [0, 0.1) is 0 Å². The van der Waals surface area contributed by atoms with Gasteiger partial charge in [-0.2, -0.15) is 4.98 Å². The number of benzene rings is 3. The number of ether oxygens (including phenoxy) is 2. The van der Waals surface area contributed by atoms with E-state index in [2.05, 4.69) is 37.9 Å². The van der Waals surface area contributed by atoms with Crippen molar-refractivity contribution in [2.45, 2.75) is 59.6 Å². The normalized spacial score (nSPS) is 11.4. The van der Waals surface area contributed by atoms with E-state index in [1.165, 1.54) is 5.56 Å². The number of nitrogens with zero attached hydrogens (tertiary/aromatic N) is 2. The summed E-state index contributed by atoms with van der Waals surface area (Å²) < 4.78 is 13.5. The number of hydrogen-bond acceptors (Lipinski definition) is 4. The molecule has 0 aliphatic rings. The minimum Gasteiger partial charge on any atom is -0.494 e. The minimum absolute atomic E-state index is 0.0818. The van der Waals surface area contributed by atoms with Gasteiger partial charge in [-0.25, -0.2) is 4.79 Å². The molecule has 5 nitrogen and oxygen atoms in total. The van der Waals surface area contributed by atoms with Crippen LogP contribution in [0.3, 0.4) is 0 Å². The van der Waals surface area contributed by atoms with Crippen molar-refractivity contribution in [1.29, 1.82) is 0 Å². The van der Waals surface area contributed by atoms with Crippen molar-refractivity contribution in [1.82, 2.24) is 9.55 Å². The number of fused-ring (bicyclic) bond motifs is 1. The van der Waals surface area contributed by atoms with E-state index in [0.717, 1.165) is 39.9 Å². The molecule has 0 saturated heterocycles. The molecule has 0 spiro atoms. The molecule has 5 heteroatoms. The zero-order valence-electron chi connectivity index (χ0n) is 21.2. The van der Waals surface area contributed by atoms with Crippen LogP contribution in [0.25, 0.3) is 22.2 Å². The number of hydrogen-bond donors (Lipinski definition) is 0. The fraction of sp³-hybridized carbons (Fsp3) is 0.333. The molecule has 0 radical (unpaired) electrons. The lowest BCUT2D eigenvalue weighted by Crippen LogP contribution is -2.24. The summed E-state index contributed by atoms with van der Waals surface area (Å²) in [5.74, 6) is 2.00. The van der Waals surface area contributed by atoms with Gasteiger partial charge in [0.15, 0.2) is 0 Å². The molecule has 0 amide bonds. The molecule has 182 valence electrons. The van der Waals surface area contributed by atoms with Crippen LogP contribution in [0.5, 0.6) is 11.5 Å². The first-order chi connectivity index (χ1) is 16.9. The summed E-state index contributed by atoms with van der Waals surface area (Å²) in [4.78, 5) is 17.9. The van der Waals surface area contributed by atoms with Crippen LogP contribution < -0.4 is 15.2 Å². The van der Waals surface area contributed by atoms with E-state index >= 15 is 0 Å². The summed E-state index contributed by atoms with van der Waals surface area (Å²) in [7, 11) is 0. The number of rotatable bonds is 9. The van der Waals surface area contributed by atoms with E-state index in [-0.39, 0.29) is 11.8 Å². The summed E-state index contributed by atoms with van der Waals surface area (Å²) in [5.41, 5.74) is 4.37. The Morgan fingerprint density at radius 2 is 1.69 bits per heavy atom. The summed E-state index contributed by atoms with van der Waals surface area (Å²) in [6, 6.07) is 22.1. The van der Waals surface area contributed by atoms with Gasteiger partial charge in [0.1, 0.15) is 11.5 Å². The Morgan fingerprint density at radius 1 is 0.914 bits per heavy atom. The van der Waals surface area contributed by atoms with Crippen LogP contribution in [0.4, 0.5) is 0 Å². The van der Waals surface area contributed by atoms with Gasteiger partial charge < -0.3 is 9.47 Å². The lowest BCUT2D eigenvalue weighted by Gasteiger charge is -2.16. The summed E-state index contributed by atoms with van der Waals surface area (Å²) >= 11 is 0. The molecule has 1 heterocycles. The lowest BCUT2D eigenvalue weighted by atomic mass is 9.99. The molecule has 0 unspecified atom stereocenters. The second kappa shape index (κ2) is 10.8. The highest BCUT2D eigenvalue weighted by Crippen LogP contribution is 2.30. The van der Waals surface area contributed by atoms with Crippen molar-refractivity contribution in [3.05, 3.63) is 88.3 Å². The zero-order valence-corrected chi connectivity index (χ0v) is 21.2. The fourth-order valence-electron chi connectivity index (χ4n) is 4.14. The predicted molar refractivity (Wildman–Crippen MR) is 143 cm³/mol. The van der Waals surface area contributed by atoms with Crippen LogP contribution in [0.2, 0.25) is 0 Å². The quantitative estimate of drug-likeness (QED) is 0.270. The average Bonchev–Trinajstić information content (AvgIpc) is 2.84. The molecule has 0 saturated carbocycles. The Balaban J connectivity index is 1.83. The van der Waals surface area contributed by atoms with Gasteiger partial charge in [0.05, 0.1) is 30.5 Å². The van der Waals surface area contributed by atoms with Crippen LogP contribution in [-0.4, -0.2) is 22.3 Å². The van der Waals surface area contributed by atoms with Gasteiger partial charge in [0, 0.05) is 10.9 Å². The third-order valence-corrected chi connectivity index (χ3v) is 5.89. The van der Waals surface area contributed by atoms with Crippen molar-refractivity contribution < 1.29 is 9.47 Å². The third kappa shape index (κ3) is 5.73. The number of aromatic nitrogens is 2. The van der Waals surface area contributed by atoms with Crippen molar-refractivity contribution in [2.75, 3.05) is 6.61 Å². The first kappa shape index (κ1) is 24.5. The van der Waals surface area contributed by atoms with Crippen molar-refractivity contribution in [3.63, 3.8) is 0 Å². The largest absolute Gasteiger partial charge is 0.494 e. The van der Waals surface area contributed by atoms with Crippen molar-refractivity contribution in [3.8, 4) is 22.8 Å². The Kier molecular flexibility index (Phi) is 7.54. The highest BCUT2D eigenvalue weighted by molar-refractivity contribution is 5.93. The van der Waals surface area contributed by atoms with Gasteiger partial charge in [0.25, 0.3) is 0 Å². The smallest absolute Gasteiger partial charge is 0.348 e. The first-order valence-corrected chi connectivity index (χ1v) is 12.4. The summed E-state index contributed by atoms with van der Waals surface area (Å²) in [6.45, 7) is 11.5. The molecule has 35 heavy (non-hydrogen) atoms. The molecular weight excluding hydrogens is 436 g/mol. The van der Waals surface area contributed by atoms with E-state index in [1.54, 1.807) is 4.57 Å². The molecule has 0 bridgehead atoms. The van der Waals surface area contributed by atoms with Gasteiger partial charge >= 0.3 is 5.69 Å². The fourth-order valence-corrected chi connectivity index (χ4v) is 4.14. The molecule has 4 rings (SSSR count). The summed E-state index contributed by atoms with van der Waals surface area (Å²) in [6.07, 6.45) is 1.01. The SMILES string of the molecule is CCCOc1ccc2c(c1)c(-c1ccc(C(C)C)cc1)nc(=O)n2Cc1cccc(OC(C)C)c1. The summed E-state index contributed by atoms with van der Waals surface area (Å²) in [5, 5.41) is 0.894. The van der Waals surface area contributed by atoms with Crippen LogP contribution in [-0.2, 0) is 6.54 Å². The van der Waals surface area contributed by atoms with Gasteiger partial charge in [-0.05, 0) is 67.6 Å².